The van der Waals surface area contributed by atoms with E-state index in [0.717, 1.165) is 25.1 Å². The molecule has 2 rings (SSSR count). The van der Waals surface area contributed by atoms with Crippen molar-refractivity contribution in [1.29, 1.82) is 0 Å². The molecule has 1 aromatic heterocycles. The van der Waals surface area contributed by atoms with Gasteiger partial charge < -0.3 is 11.1 Å². The molecule has 19 heavy (non-hydrogen) atoms. The molecule has 6 nitrogen and oxygen atoms in total. The third-order valence-corrected chi connectivity index (χ3v) is 3.77. The van der Waals surface area contributed by atoms with Crippen LogP contribution in [0, 0.1) is 5.92 Å². The molecule has 6 heteroatoms. The lowest BCUT2D eigenvalue weighted by atomic mass is 9.76. The Balaban J connectivity index is 1.80. The lowest BCUT2D eigenvalue weighted by Gasteiger charge is -2.35. The molecule has 0 aliphatic heterocycles. The van der Waals surface area contributed by atoms with Gasteiger partial charge in [-0.05, 0) is 18.8 Å². The molecule has 1 aliphatic carbocycles. The molecule has 2 atom stereocenters. The van der Waals surface area contributed by atoms with Crippen LogP contribution in [0.15, 0.2) is 6.33 Å². The van der Waals surface area contributed by atoms with Crippen LogP contribution >= 0.6 is 0 Å². The van der Waals surface area contributed by atoms with Crippen molar-refractivity contribution in [2.45, 2.75) is 44.6 Å². The summed E-state index contributed by atoms with van der Waals surface area (Å²) in [5.41, 5.74) is 5.54. The van der Waals surface area contributed by atoms with Crippen LogP contribution in [0.5, 0.6) is 0 Å². The van der Waals surface area contributed by atoms with Crippen molar-refractivity contribution in [3.63, 3.8) is 0 Å². The van der Waals surface area contributed by atoms with E-state index in [1.54, 1.807) is 11.0 Å². The zero-order chi connectivity index (χ0) is 13.9. The number of hydrogen-bond donors (Lipinski definition) is 2. The Morgan fingerprint density at radius 1 is 1.68 bits per heavy atom. The number of nitrogens with zero attached hydrogens (tertiary/aromatic N) is 3. The number of hydrogen-bond acceptors (Lipinski definition) is 4. The third kappa shape index (κ3) is 3.53. The van der Waals surface area contributed by atoms with Gasteiger partial charge in [0.25, 0.3) is 0 Å². The predicted octanol–water partition coefficient (Wildman–Crippen LogP) is 0.381. The largest absolute Gasteiger partial charge is 0.354 e. The zero-order valence-corrected chi connectivity index (χ0v) is 11.7. The molecular formula is C13H23N5O. The predicted molar refractivity (Wildman–Crippen MR) is 72.3 cm³/mol. The molecule has 0 spiro atoms. The summed E-state index contributed by atoms with van der Waals surface area (Å²) in [5, 5.41) is 7.09. The van der Waals surface area contributed by atoms with Gasteiger partial charge in [-0.15, -0.1) is 0 Å². The number of carbonyl (C=O) groups excluding carboxylic acids is 1. The van der Waals surface area contributed by atoms with E-state index in [2.05, 4.69) is 22.3 Å². The van der Waals surface area contributed by atoms with Crippen molar-refractivity contribution in [3.05, 3.63) is 12.2 Å². The van der Waals surface area contributed by atoms with Crippen LogP contribution in [0.2, 0.25) is 0 Å². The van der Waals surface area contributed by atoms with Crippen LogP contribution in [0.3, 0.4) is 0 Å². The molecule has 0 saturated heterocycles. The number of nitrogens with two attached hydrogens (primary N) is 1. The van der Waals surface area contributed by atoms with Gasteiger partial charge in [-0.1, -0.05) is 19.8 Å². The van der Waals surface area contributed by atoms with E-state index in [-0.39, 0.29) is 5.91 Å². The highest BCUT2D eigenvalue weighted by molar-refractivity contribution is 5.86. The van der Waals surface area contributed by atoms with Crippen LogP contribution < -0.4 is 11.1 Å². The minimum Gasteiger partial charge on any atom is -0.354 e. The highest BCUT2D eigenvalue weighted by Gasteiger charge is 2.37. The van der Waals surface area contributed by atoms with Gasteiger partial charge in [0.05, 0.1) is 5.54 Å². The highest BCUT2D eigenvalue weighted by Crippen LogP contribution is 2.30. The molecule has 1 fully saturated rings. The topological polar surface area (TPSA) is 85.8 Å². The van der Waals surface area contributed by atoms with Crippen molar-refractivity contribution in [2.75, 3.05) is 6.54 Å². The van der Waals surface area contributed by atoms with Gasteiger partial charge in [0.15, 0.2) is 5.82 Å². The fraction of sp³-hybridized carbons (Fsp3) is 0.769. The fourth-order valence-electron chi connectivity index (χ4n) is 2.76. The van der Waals surface area contributed by atoms with Crippen LogP contribution in [0.25, 0.3) is 0 Å². The second kappa shape index (κ2) is 5.69. The van der Waals surface area contributed by atoms with Crippen molar-refractivity contribution >= 4 is 5.91 Å². The molecule has 1 heterocycles. The van der Waals surface area contributed by atoms with Gasteiger partial charge in [0, 0.05) is 20.0 Å². The average Bonchev–Trinajstić information content (AvgIpc) is 2.74. The average molecular weight is 265 g/mol. The summed E-state index contributed by atoms with van der Waals surface area (Å²) in [5.74, 6) is 1.24. The molecular weight excluding hydrogens is 242 g/mol. The maximum Gasteiger partial charge on any atom is 0.240 e. The maximum atomic E-state index is 12.2. The van der Waals surface area contributed by atoms with Crippen molar-refractivity contribution in [3.8, 4) is 0 Å². The second-order valence-electron chi connectivity index (χ2n) is 5.70. The van der Waals surface area contributed by atoms with E-state index in [9.17, 15) is 4.79 Å². The zero-order valence-electron chi connectivity index (χ0n) is 11.7. The van der Waals surface area contributed by atoms with E-state index in [1.807, 2.05) is 7.05 Å². The molecule has 0 bridgehead atoms. The first-order chi connectivity index (χ1) is 8.99. The van der Waals surface area contributed by atoms with Crippen molar-refractivity contribution < 1.29 is 4.79 Å². The molecule has 106 valence electrons. The lowest BCUT2D eigenvalue weighted by molar-refractivity contribution is -0.128. The summed E-state index contributed by atoms with van der Waals surface area (Å²) < 4.78 is 1.66. The summed E-state index contributed by atoms with van der Waals surface area (Å²) >= 11 is 0. The van der Waals surface area contributed by atoms with E-state index < -0.39 is 5.54 Å². The highest BCUT2D eigenvalue weighted by atomic mass is 16.2. The number of aromatic nitrogens is 3. The number of rotatable bonds is 4. The number of nitrogens with one attached hydrogen (secondary N) is 1. The normalized spacial score (nSPS) is 27.2. The molecule has 1 amide bonds. The molecule has 1 saturated carbocycles. The summed E-state index contributed by atoms with van der Waals surface area (Å²) in [6.07, 6.45) is 6.06. The maximum absolute atomic E-state index is 12.2. The first kappa shape index (κ1) is 14.0. The Bertz CT molecular complexity index is 444. The van der Waals surface area contributed by atoms with Crippen LogP contribution in [0.1, 0.15) is 38.4 Å². The summed E-state index contributed by atoms with van der Waals surface area (Å²) in [4.78, 5) is 16.3. The minimum absolute atomic E-state index is 0.0324. The monoisotopic (exact) mass is 265 g/mol. The minimum atomic E-state index is -0.685. The SMILES string of the molecule is CC1CCCC(N)(C(=O)NCCc2ncn(C)n2)C1. The molecule has 0 radical (unpaired) electrons. The molecule has 2 unspecified atom stereocenters. The lowest BCUT2D eigenvalue weighted by Crippen LogP contribution is -2.56. The van der Waals surface area contributed by atoms with Gasteiger partial charge in [-0.3, -0.25) is 9.48 Å². The number of aryl methyl sites for hydroxylation is 1. The molecule has 3 N–H and O–H groups in total. The number of amides is 1. The van der Waals surface area contributed by atoms with Crippen molar-refractivity contribution in [2.24, 2.45) is 18.7 Å². The quantitative estimate of drug-likeness (QED) is 0.824. The van der Waals surface area contributed by atoms with Crippen LogP contribution in [-0.4, -0.2) is 32.8 Å². The van der Waals surface area contributed by atoms with Gasteiger partial charge in [0.2, 0.25) is 5.91 Å². The Labute approximate surface area is 113 Å². The van der Waals surface area contributed by atoms with E-state index in [0.29, 0.717) is 18.9 Å². The van der Waals surface area contributed by atoms with Gasteiger partial charge in [-0.25, -0.2) is 4.98 Å². The van der Waals surface area contributed by atoms with Gasteiger partial charge in [-0.2, -0.15) is 5.10 Å². The molecule has 1 aliphatic rings. The Kier molecular flexibility index (Phi) is 4.19. The first-order valence-corrected chi connectivity index (χ1v) is 6.91. The van der Waals surface area contributed by atoms with E-state index in [4.69, 9.17) is 5.73 Å². The summed E-state index contributed by atoms with van der Waals surface area (Å²) in [7, 11) is 1.83. The Morgan fingerprint density at radius 2 is 2.47 bits per heavy atom. The van der Waals surface area contributed by atoms with E-state index >= 15 is 0 Å². The second-order valence-corrected chi connectivity index (χ2v) is 5.70. The summed E-state index contributed by atoms with van der Waals surface area (Å²) in [6.45, 7) is 2.70. The third-order valence-electron chi connectivity index (χ3n) is 3.77. The summed E-state index contributed by atoms with van der Waals surface area (Å²) in [6, 6.07) is 0. The van der Waals surface area contributed by atoms with Gasteiger partial charge in [0.1, 0.15) is 6.33 Å². The smallest absolute Gasteiger partial charge is 0.240 e. The number of carbonyl (C=O) groups is 1. The van der Waals surface area contributed by atoms with E-state index in [1.165, 1.54) is 6.42 Å². The van der Waals surface area contributed by atoms with Crippen molar-refractivity contribution in [1.82, 2.24) is 20.1 Å². The van der Waals surface area contributed by atoms with Crippen LogP contribution in [0.4, 0.5) is 0 Å². The standard InChI is InChI=1S/C13H23N5O/c1-10-4-3-6-13(14,8-10)12(19)15-7-5-11-16-9-18(2)17-11/h9-10H,3-8,14H2,1-2H3,(H,15,19). The first-order valence-electron chi connectivity index (χ1n) is 6.91. The van der Waals surface area contributed by atoms with Crippen LogP contribution in [-0.2, 0) is 18.3 Å². The molecule has 1 aromatic rings. The Morgan fingerprint density at radius 3 is 3.11 bits per heavy atom. The molecule has 0 aromatic carbocycles. The fourth-order valence-corrected chi connectivity index (χ4v) is 2.76. The van der Waals surface area contributed by atoms with Gasteiger partial charge >= 0.3 is 0 Å². The Hall–Kier alpha value is -1.43.